The number of aryl methyl sites for hydroxylation is 3. The van der Waals surface area contributed by atoms with Crippen molar-refractivity contribution in [3.8, 4) is 11.6 Å². The molecular weight excluding hydrogens is 320 g/mol. The van der Waals surface area contributed by atoms with E-state index in [0.717, 1.165) is 37.3 Å². The maximum atomic E-state index is 6.39. The Kier molecular flexibility index (Phi) is 5.55. The lowest BCUT2D eigenvalue weighted by Crippen LogP contribution is -2.44. The van der Waals surface area contributed by atoms with Crippen molar-refractivity contribution in [2.45, 2.75) is 79.3 Å². The average Bonchev–Trinajstić information content (AvgIpc) is 2.60. The lowest BCUT2D eigenvalue weighted by molar-refractivity contribution is 0.428. The molecule has 3 nitrogen and oxygen atoms in total. The molecule has 0 radical (unpaired) electrons. The Bertz CT molecular complexity index is 757. The highest BCUT2D eigenvalue weighted by molar-refractivity contribution is 5.61. The van der Waals surface area contributed by atoms with Crippen LogP contribution in [0.2, 0.25) is 0 Å². The van der Waals surface area contributed by atoms with E-state index >= 15 is 0 Å². The predicted octanol–water partition coefficient (Wildman–Crippen LogP) is 6.13. The standard InChI is InChI=1S/C23H32N2O/c1-7-19(8-2)25-18(6)9-10-20-21(25)11-12-24-23(20)26-22-16(4)13-15(3)14-17(22)5/h11-14,18-19H,7-10H2,1-6H3. The largest absolute Gasteiger partial charge is 0.438 e. The van der Waals surface area contributed by atoms with Crippen molar-refractivity contribution in [2.75, 3.05) is 4.90 Å². The Morgan fingerprint density at radius 3 is 2.42 bits per heavy atom. The van der Waals surface area contributed by atoms with Crippen molar-refractivity contribution in [3.05, 3.63) is 46.6 Å². The van der Waals surface area contributed by atoms with E-state index < -0.39 is 0 Å². The molecule has 2 aromatic rings. The van der Waals surface area contributed by atoms with Crippen LogP contribution >= 0.6 is 0 Å². The fraction of sp³-hybridized carbons (Fsp3) is 0.522. The molecule has 1 aromatic carbocycles. The van der Waals surface area contributed by atoms with Crippen LogP contribution < -0.4 is 9.64 Å². The third-order valence-corrected chi connectivity index (χ3v) is 5.70. The Labute approximate surface area is 158 Å². The third-order valence-electron chi connectivity index (χ3n) is 5.70. The minimum atomic E-state index is 0.561. The number of aromatic nitrogens is 1. The highest BCUT2D eigenvalue weighted by atomic mass is 16.5. The minimum Gasteiger partial charge on any atom is -0.438 e. The lowest BCUT2D eigenvalue weighted by Gasteiger charge is -2.42. The summed E-state index contributed by atoms with van der Waals surface area (Å²) in [7, 11) is 0. The van der Waals surface area contributed by atoms with Crippen molar-refractivity contribution in [1.29, 1.82) is 0 Å². The van der Waals surface area contributed by atoms with Gasteiger partial charge in [-0.15, -0.1) is 0 Å². The first-order valence-corrected chi connectivity index (χ1v) is 9.98. The summed E-state index contributed by atoms with van der Waals surface area (Å²) < 4.78 is 6.39. The topological polar surface area (TPSA) is 25.4 Å². The van der Waals surface area contributed by atoms with Crippen molar-refractivity contribution in [1.82, 2.24) is 4.98 Å². The van der Waals surface area contributed by atoms with Gasteiger partial charge in [-0.3, -0.25) is 0 Å². The third kappa shape index (κ3) is 3.44. The van der Waals surface area contributed by atoms with Gasteiger partial charge >= 0.3 is 0 Å². The quantitative estimate of drug-likeness (QED) is 0.647. The Balaban J connectivity index is 2.02. The number of hydrogen-bond donors (Lipinski definition) is 0. The molecule has 0 spiro atoms. The van der Waals surface area contributed by atoms with Crippen molar-refractivity contribution in [3.63, 3.8) is 0 Å². The second-order valence-electron chi connectivity index (χ2n) is 7.71. The van der Waals surface area contributed by atoms with Crippen LogP contribution in [0, 0.1) is 20.8 Å². The number of nitrogens with zero attached hydrogens (tertiary/aromatic N) is 2. The summed E-state index contributed by atoms with van der Waals surface area (Å²) in [4.78, 5) is 7.21. The first kappa shape index (κ1) is 18.8. The van der Waals surface area contributed by atoms with Crippen molar-refractivity contribution < 1.29 is 4.74 Å². The molecule has 0 amide bonds. The Morgan fingerprint density at radius 2 is 1.81 bits per heavy atom. The Morgan fingerprint density at radius 1 is 1.15 bits per heavy atom. The summed E-state index contributed by atoms with van der Waals surface area (Å²) in [6.07, 6.45) is 6.40. The summed E-state index contributed by atoms with van der Waals surface area (Å²) in [6.45, 7) is 13.3. The van der Waals surface area contributed by atoms with Crippen molar-refractivity contribution in [2.24, 2.45) is 0 Å². The molecular formula is C23H32N2O. The van der Waals surface area contributed by atoms with Gasteiger partial charge in [0.05, 0.1) is 0 Å². The molecule has 3 heteroatoms. The summed E-state index contributed by atoms with van der Waals surface area (Å²) in [5.41, 5.74) is 6.18. The molecule has 0 saturated heterocycles. The number of fused-ring (bicyclic) bond motifs is 1. The number of hydrogen-bond acceptors (Lipinski definition) is 3. The van der Waals surface area contributed by atoms with E-state index in [2.05, 4.69) is 69.6 Å². The van der Waals surface area contributed by atoms with Gasteiger partial charge in [-0.25, -0.2) is 4.98 Å². The second-order valence-corrected chi connectivity index (χ2v) is 7.71. The van der Waals surface area contributed by atoms with Crippen LogP contribution in [0.5, 0.6) is 11.6 Å². The molecule has 0 bridgehead atoms. The summed E-state index contributed by atoms with van der Waals surface area (Å²) in [5.74, 6) is 1.73. The van der Waals surface area contributed by atoms with Gasteiger partial charge in [-0.05, 0) is 70.6 Å². The maximum Gasteiger partial charge on any atom is 0.224 e. The fourth-order valence-corrected chi connectivity index (χ4v) is 4.42. The lowest BCUT2D eigenvalue weighted by atomic mass is 9.94. The van der Waals surface area contributed by atoms with Crippen molar-refractivity contribution >= 4 is 5.69 Å². The summed E-state index contributed by atoms with van der Waals surface area (Å²) in [5, 5.41) is 0. The zero-order valence-corrected chi connectivity index (χ0v) is 17.1. The van der Waals surface area contributed by atoms with Gasteiger partial charge in [-0.1, -0.05) is 31.5 Å². The number of rotatable bonds is 5. The van der Waals surface area contributed by atoms with Crippen LogP contribution in [0.1, 0.15) is 62.3 Å². The smallest absolute Gasteiger partial charge is 0.224 e. The molecule has 2 heterocycles. The van der Waals surface area contributed by atoms with E-state index in [1.807, 2.05) is 6.20 Å². The van der Waals surface area contributed by atoms with E-state index in [1.165, 1.54) is 27.9 Å². The highest BCUT2D eigenvalue weighted by Crippen LogP contribution is 2.40. The fourth-order valence-electron chi connectivity index (χ4n) is 4.42. The van der Waals surface area contributed by atoms with Crippen LogP contribution in [-0.2, 0) is 6.42 Å². The molecule has 1 aliphatic heterocycles. The molecule has 0 fully saturated rings. The summed E-state index contributed by atoms with van der Waals surface area (Å²) in [6, 6.07) is 7.66. The first-order chi connectivity index (χ1) is 12.5. The predicted molar refractivity (Wildman–Crippen MR) is 110 cm³/mol. The average molecular weight is 353 g/mol. The molecule has 1 aliphatic rings. The van der Waals surface area contributed by atoms with E-state index in [4.69, 9.17) is 4.74 Å². The van der Waals surface area contributed by atoms with E-state index in [9.17, 15) is 0 Å². The van der Waals surface area contributed by atoms with Gasteiger partial charge in [0, 0.05) is 29.5 Å². The van der Waals surface area contributed by atoms with E-state index in [-0.39, 0.29) is 0 Å². The van der Waals surface area contributed by atoms with Gasteiger partial charge in [-0.2, -0.15) is 0 Å². The molecule has 0 aliphatic carbocycles. The normalized spacial score (nSPS) is 16.7. The number of anilines is 1. The first-order valence-electron chi connectivity index (χ1n) is 9.98. The van der Waals surface area contributed by atoms with Crippen LogP contribution in [0.4, 0.5) is 5.69 Å². The molecule has 1 atom stereocenters. The van der Waals surface area contributed by atoms with Crippen LogP contribution in [-0.4, -0.2) is 17.1 Å². The summed E-state index contributed by atoms with van der Waals surface area (Å²) >= 11 is 0. The molecule has 0 N–H and O–H groups in total. The van der Waals surface area contributed by atoms with E-state index in [0.29, 0.717) is 12.1 Å². The van der Waals surface area contributed by atoms with Gasteiger partial charge in [0.1, 0.15) is 5.75 Å². The van der Waals surface area contributed by atoms with Crippen LogP contribution in [0.3, 0.4) is 0 Å². The molecule has 3 rings (SSSR count). The van der Waals surface area contributed by atoms with Gasteiger partial charge in [0.15, 0.2) is 0 Å². The Hall–Kier alpha value is -2.03. The zero-order valence-electron chi connectivity index (χ0n) is 17.1. The monoisotopic (exact) mass is 352 g/mol. The number of ether oxygens (including phenoxy) is 1. The minimum absolute atomic E-state index is 0.561. The van der Waals surface area contributed by atoms with Crippen LogP contribution in [0.25, 0.3) is 0 Å². The maximum absolute atomic E-state index is 6.39. The van der Waals surface area contributed by atoms with E-state index in [1.54, 1.807) is 0 Å². The number of pyridine rings is 1. The molecule has 0 saturated carbocycles. The molecule has 140 valence electrons. The van der Waals surface area contributed by atoms with Gasteiger partial charge in [0.2, 0.25) is 5.88 Å². The molecule has 1 aromatic heterocycles. The zero-order chi connectivity index (χ0) is 18.8. The van der Waals surface area contributed by atoms with Gasteiger partial charge < -0.3 is 9.64 Å². The number of benzene rings is 1. The van der Waals surface area contributed by atoms with Gasteiger partial charge in [0.25, 0.3) is 0 Å². The SMILES string of the molecule is CCC(CC)N1c2ccnc(Oc3c(C)cc(C)cc3C)c2CCC1C. The highest BCUT2D eigenvalue weighted by Gasteiger charge is 2.30. The molecule has 1 unspecified atom stereocenters. The molecule has 26 heavy (non-hydrogen) atoms. The van der Waals surface area contributed by atoms with Crippen LogP contribution in [0.15, 0.2) is 24.4 Å². The second kappa shape index (κ2) is 7.69.